The smallest absolute Gasteiger partial charge is 0.263 e. The van der Waals surface area contributed by atoms with Crippen LogP contribution in [0.1, 0.15) is 26.7 Å². The number of anilines is 2. The van der Waals surface area contributed by atoms with Gasteiger partial charge < -0.3 is 14.8 Å². The minimum absolute atomic E-state index is 0.0298. The number of nitrogens with one attached hydrogen (secondary N) is 2. The van der Waals surface area contributed by atoms with Gasteiger partial charge in [-0.2, -0.15) is 0 Å². The maximum atomic E-state index is 12.5. The van der Waals surface area contributed by atoms with Crippen molar-refractivity contribution in [3.8, 4) is 5.75 Å². The predicted molar refractivity (Wildman–Crippen MR) is 105 cm³/mol. The molecule has 7 nitrogen and oxygen atoms in total. The summed E-state index contributed by atoms with van der Waals surface area (Å²) in [5.74, 6) is 0.893. The highest BCUT2D eigenvalue weighted by Crippen LogP contribution is 2.20. The third-order valence-electron chi connectivity index (χ3n) is 4.07. The van der Waals surface area contributed by atoms with Gasteiger partial charge in [-0.1, -0.05) is 0 Å². The molecule has 27 heavy (non-hydrogen) atoms. The molecule has 0 bridgehead atoms. The molecule has 1 aliphatic heterocycles. The van der Waals surface area contributed by atoms with E-state index in [9.17, 15) is 8.42 Å². The average Bonchev–Trinajstić information content (AvgIpc) is 3.14. The number of hydrogen-bond acceptors (Lipinski definition) is 6. The summed E-state index contributed by atoms with van der Waals surface area (Å²) in [6.07, 6.45) is 4.01. The van der Waals surface area contributed by atoms with Gasteiger partial charge in [0, 0.05) is 13.2 Å². The molecule has 0 radical (unpaired) electrons. The van der Waals surface area contributed by atoms with Gasteiger partial charge >= 0.3 is 0 Å². The summed E-state index contributed by atoms with van der Waals surface area (Å²) in [6, 6.07) is 9.72. The van der Waals surface area contributed by atoms with E-state index >= 15 is 0 Å². The fourth-order valence-corrected chi connectivity index (χ4v) is 3.77. The van der Waals surface area contributed by atoms with Crippen molar-refractivity contribution in [3.63, 3.8) is 0 Å². The summed E-state index contributed by atoms with van der Waals surface area (Å²) in [6.45, 7) is 5.36. The monoisotopic (exact) mass is 391 g/mol. The lowest BCUT2D eigenvalue weighted by atomic mass is 10.2. The largest absolute Gasteiger partial charge is 0.491 e. The zero-order valence-corrected chi connectivity index (χ0v) is 16.3. The number of ether oxygens (including phenoxy) is 2. The van der Waals surface area contributed by atoms with Crippen molar-refractivity contribution >= 4 is 21.5 Å². The molecule has 0 saturated carbocycles. The molecular weight excluding hydrogens is 366 g/mol. The average molecular weight is 391 g/mol. The van der Waals surface area contributed by atoms with Gasteiger partial charge in [0.15, 0.2) is 0 Å². The van der Waals surface area contributed by atoms with Gasteiger partial charge in [0.25, 0.3) is 10.0 Å². The molecule has 1 aromatic heterocycles. The van der Waals surface area contributed by atoms with Crippen molar-refractivity contribution in [1.82, 2.24) is 4.98 Å². The molecule has 0 amide bonds. The number of pyridine rings is 1. The van der Waals surface area contributed by atoms with Crippen molar-refractivity contribution in [3.05, 3.63) is 42.6 Å². The molecular formula is C19H25N3O4S. The van der Waals surface area contributed by atoms with Crippen molar-refractivity contribution < 1.29 is 17.9 Å². The third-order valence-corrected chi connectivity index (χ3v) is 5.44. The van der Waals surface area contributed by atoms with Crippen LogP contribution in [0.4, 0.5) is 11.5 Å². The molecule has 1 aliphatic rings. The second kappa shape index (κ2) is 8.58. The van der Waals surface area contributed by atoms with Crippen LogP contribution in [-0.4, -0.2) is 38.8 Å². The van der Waals surface area contributed by atoms with E-state index in [-0.39, 0.29) is 22.9 Å². The van der Waals surface area contributed by atoms with E-state index in [0.29, 0.717) is 5.75 Å². The van der Waals surface area contributed by atoms with E-state index in [1.807, 2.05) is 13.8 Å². The van der Waals surface area contributed by atoms with E-state index < -0.39 is 10.0 Å². The van der Waals surface area contributed by atoms with E-state index in [2.05, 4.69) is 15.0 Å². The lowest BCUT2D eigenvalue weighted by Gasteiger charge is -2.13. The van der Waals surface area contributed by atoms with Crippen molar-refractivity contribution in [2.24, 2.45) is 0 Å². The van der Waals surface area contributed by atoms with Gasteiger partial charge in [-0.05, 0) is 63.1 Å². The molecule has 2 heterocycles. The van der Waals surface area contributed by atoms with Crippen LogP contribution in [0, 0.1) is 0 Å². The standard InChI is InChI=1S/C19H25N3O4S/c1-14(2)26-16-6-8-18(9-7-16)27(23,24)22-19-10-5-15(12-21-19)20-13-17-4-3-11-25-17/h5-10,12,14,17,20H,3-4,11,13H2,1-2H3,(H,21,22). The second-order valence-electron chi connectivity index (χ2n) is 6.69. The molecule has 1 fully saturated rings. The van der Waals surface area contributed by atoms with Crippen molar-refractivity contribution in [2.75, 3.05) is 23.2 Å². The van der Waals surface area contributed by atoms with Crippen LogP contribution in [-0.2, 0) is 14.8 Å². The highest BCUT2D eigenvalue weighted by atomic mass is 32.2. The number of hydrogen-bond donors (Lipinski definition) is 2. The normalized spacial score (nSPS) is 17.1. The van der Waals surface area contributed by atoms with Crippen LogP contribution in [0.3, 0.4) is 0 Å². The minimum Gasteiger partial charge on any atom is -0.491 e. The summed E-state index contributed by atoms with van der Waals surface area (Å²) in [4.78, 5) is 4.33. The van der Waals surface area contributed by atoms with Crippen molar-refractivity contribution in [1.29, 1.82) is 0 Å². The summed E-state index contributed by atoms with van der Waals surface area (Å²) >= 11 is 0. The van der Waals surface area contributed by atoms with Gasteiger partial charge in [0.1, 0.15) is 11.6 Å². The number of rotatable bonds is 8. The van der Waals surface area contributed by atoms with Crippen LogP contribution in [0.15, 0.2) is 47.5 Å². The fraction of sp³-hybridized carbons (Fsp3) is 0.421. The zero-order valence-electron chi connectivity index (χ0n) is 15.5. The first kappa shape index (κ1) is 19.4. The number of sulfonamides is 1. The van der Waals surface area contributed by atoms with Gasteiger partial charge in [0.2, 0.25) is 0 Å². The number of aromatic nitrogens is 1. The van der Waals surface area contributed by atoms with E-state index in [0.717, 1.165) is 31.7 Å². The Balaban J connectivity index is 1.59. The lowest BCUT2D eigenvalue weighted by Crippen LogP contribution is -2.18. The van der Waals surface area contributed by atoms with Crippen LogP contribution in [0.2, 0.25) is 0 Å². The summed E-state index contributed by atoms with van der Waals surface area (Å²) in [7, 11) is -3.71. The topological polar surface area (TPSA) is 89.6 Å². The van der Waals surface area contributed by atoms with Crippen LogP contribution >= 0.6 is 0 Å². The summed E-state index contributed by atoms with van der Waals surface area (Å²) < 4.78 is 38.6. The van der Waals surface area contributed by atoms with Gasteiger partial charge in [-0.15, -0.1) is 0 Å². The van der Waals surface area contributed by atoms with Crippen LogP contribution in [0.25, 0.3) is 0 Å². The molecule has 1 atom stereocenters. The minimum atomic E-state index is -3.71. The molecule has 2 aromatic rings. The van der Waals surface area contributed by atoms with Crippen LogP contribution < -0.4 is 14.8 Å². The Morgan fingerprint density at radius 2 is 2.00 bits per heavy atom. The Hall–Kier alpha value is -2.32. The first-order valence-electron chi connectivity index (χ1n) is 9.03. The molecule has 1 saturated heterocycles. The maximum absolute atomic E-state index is 12.5. The Bertz CT molecular complexity index is 830. The van der Waals surface area contributed by atoms with E-state index in [4.69, 9.17) is 9.47 Å². The first-order valence-corrected chi connectivity index (χ1v) is 10.5. The Kier molecular flexibility index (Phi) is 6.18. The van der Waals surface area contributed by atoms with Gasteiger partial charge in [-0.3, -0.25) is 4.72 Å². The van der Waals surface area contributed by atoms with Gasteiger partial charge in [0.05, 0.1) is 29.0 Å². The van der Waals surface area contributed by atoms with Crippen LogP contribution in [0.5, 0.6) is 5.75 Å². The Labute approximate surface area is 160 Å². The van der Waals surface area contributed by atoms with Crippen molar-refractivity contribution in [2.45, 2.75) is 43.8 Å². The van der Waals surface area contributed by atoms with E-state index in [1.54, 1.807) is 30.5 Å². The Morgan fingerprint density at radius 3 is 2.59 bits per heavy atom. The molecule has 0 aliphatic carbocycles. The molecule has 1 aromatic carbocycles. The molecule has 2 N–H and O–H groups in total. The molecule has 0 spiro atoms. The SMILES string of the molecule is CC(C)Oc1ccc(S(=O)(=O)Nc2ccc(NCC3CCCO3)cn2)cc1. The molecule has 3 rings (SSSR count). The fourth-order valence-electron chi connectivity index (χ4n) is 2.76. The highest BCUT2D eigenvalue weighted by Gasteiger charge is 2.16. The summed E-state index contributed by atoms with van der Waals surface area (Å²) in [5, 5.41) is 3.25. The number of benzene rings is 1. The maximum Gasteiger partial charge on any atom is 0.263 e. The zero-order chi connectivity index (χ0) is 19.3. The number of nitrogens with zero attached hydrogens (tertiary/aromatic N) is 1. The highest BCUT2D eigenvalue weighted by molar-refractivity contribution is 7.92. The predicted octanol–water partition coefficient (Wildman–Crippen LogP) is 3.26. The molecule has 8 heteroatoms. The third kappa shape index (κ3) is 5.58. The first-order chi connectivity index (χ1) is 12.9. The Morgan fingerprint density at radius 1 is 1.22 bits per heavy atom. The van der Waals surface area contributed by atoms with E-state index in [1.165, 1.54) is 12.1 Å². The molecule has 1 unspecified atom stereocenters. The van der Waals surface area contributed by atoms with Gasteiger partial charge in [-0.25, -0.2) is 13.4 Å². The quantitative estimate of drug-likeness (QED) is 0.718. The second-order valence-corrected chi connectivity index (χ2v) is 8.37. The lowest BCUT2D eigenvalue weighted by molar-refractivity contribution is 0.120. The molecule has 146 valence electrons. The summed E-state index contributed by atoms with van der Waals surface area (Å²) in [5.41, 5.74) is 0.823.